The summed E-state index contributed by atoms with van der Waals surface area (Å²) >= 11 is 0. The Labute approximate surface area is 283 Å². The molecule has 10 nitrogen and oxygen atoms in total. The lowest BCUT2D eigenvalue weighted by Crippen LogP contribution is -2.62. The fraction of sp³-hybridized carbons (Fsp3) is 0.658. The van der Waals surface area contributed by atoms with Crippen LogP contribution in [-0.4, -0.2) is 77.4 Å². The molecule has 262 valence electrons. The second-order valence-corrected chi connectivity index (χ2v) is 14.4. The van der Waals surface area contributed by atoms with Gasteiger partial charge in [-0.05, 0) is 99.6 Å². The van der Waals surface area contributed by atoms with Crippen molar-refractivity contribution in [1.82, 2.24) is 10.1 Å². The monoisotopic (exact) mass is 664 g/mol. The van der Waals surface area contributed by atoms with Crippen molar-refractivity contribution in [3.8, 4) is 17.4 Å². The Bertz CT molecular complexity index is 1550. The van der Waals surface area contributed by atoms with Crippen molar-refractivity contribution in [2.24, 2.45) is 17.8 Å². The Hall–Kier alpha value is -3.37. The van der Waals surface area contributed by atoms with Crippen molar-refractivity contribution in [3.05, 3.63) is 39.7 Å². The third-order valence-electron chi connectivity index (χ3n) is 11.0. The number of aliphatic hydroxyl groups is 2. The second-order valence-electron chi connectivity index (χ2n) is 14.4. The molecule has 10 heteroatoms. The number of hydrogen-bond acceptors (Lipinski definition) is 10. The van der Waals surface area contributed by atoms with E-state index in [0.717, 1.165) is 69.3 Å². The number of benzene rings is 1. The van der Waals surface area contributed by atoms with Gasteiger partial charge in [0, 0.05) is 23.0 Å². The van der Waals surface area contributed by atoms with Crippen LogP contribution >= 0.6 is 0 Å². The average Bonchev–Trinajstić information content (AvgIpc) is 3.74. The molecule has 48 heavy (non-hydrogen) atoms. The van der Waals surface area contributed by atoms with E-state index in [-0.39, 0.29) is 28.7 Å². The Morgan fingerprint density at radius 1 is 1.04 bits per heavy atom. The molecule has 2 heterocycles. The summed E-state index contributed by atoms with van der Waals surface area (Å²) in [6, 6.07) is 2.03. The largest absolute Gasteiger partial charge is 0.507 e. The van der Waals surface area contributed by atoms with Crippen molar-refractivity contribution in [1.29, 1.82) is 0 Å². The number of hydrogen-bond donors (Lipinski definition) is 2. The number of likely N-dealkylation sites (tertiary alicyclic amines) is 1. The van der Waals surface area contributed by atoms with Gasteiger partial charge in [0.15, 0.2) is 11.4 Å². The van der Waals surface area contributed by atoms with E-state index in [9.17, 15) is 19.8 Å². The van der Waals surface area contributed by atoms with Crippen LogP contribution in [0.25, 0.3) is 5.76 Å². The number of aliphatic hydroxyl groups excluding tert-OH is 1. The molecule has 1 saturated carbocycles. The molecule has 6 rings (SSSR count). The molecule has 4 aliphatic rings. The van der Waals surface area contributed by atoms with Crippen LogP contribution in [0.1, 0.15) is 118 Å². The highest BCUT2D eigenvalue weighted by molar-refractivity contribution is 6.26. The first-order valence-electron chi connectivity index (χ1n) is 18.1. The van der Waals surface area contributed by atoms with Gasteiger partial charge < -0.3 is 33.8 Å². The minimum atomic E-state index is -2.39. The molecular weight excluding hydrogens is 612 g/mol. The Morgan fingerprint density at radius 2 is 1.75 bits per heavy atom. The Balaban J connectivity index is 1.43. The molecule has 1 aromatic carbocycles. The van der Waals surface area contributed by atoms with Crippen LogP contribution < -0.4 is 14.2 Å². The van der Waals surface area contributed by atoms with E-state index in [4.69, 9.17) is 18.7 Å². The van der Waals surface area contributed by atoms with Crippen molar-refractivity contribution in [2.75, 3.05) is 40.0 Å². The highest BCUT2D eigenvalue weighted by Crippen LogP contribution is 2.58. The topological polar surface area (TPSA) is 132 Å². The summed E-state index contributed by atoms with van der Waals surface area (Å²) in [6.07, 6.45) is 8.23. The second kappa shape index (κ2) is 14.2. The van der Waals surface area contributed by atoms with Crippen LogP contribution in [0.4, 0.5) is 0 Å². The number of carbonyl (C=O) groups is 2. The zero-order valence-corrected chi connectivity index (χ0v) is 29.2. The molecule has 2 fully saturated rings. The van der Waals surface area contributed by atoms with E-state index < -0.39 is 34.9 Å². The molecule has 0 bridgehead atoms. The predicted octanol–water partition coefficient (Wildman–Crippen LogP) is 6.47. The summed E-state index contributed by atoms with van der Waals surface area (Å²) in [5, 5.41) is 28.7. The van der Waals surface area contributed by atoms with Crippen LogP contribution in [-0.2, 0) is 17.6 Å². The average molecular weight is 665 g/mol. The van der Waals surface area contributed by atoms with Crippen LogP contribution in [0.5, 0.6) is 17.4 Å². The summed E-state index contributed by atoms with van der Waals surface area (Å²) in [6.45, 7) is 12.1. The van der Waals surface area contributed by atoms with Crippen LogP contribution in [0, 0.1) is 17.8 Å². The number of unbranched alkanes of at least 4 members (excludes halogenated alkanes) is 2. The molecule has 4 atom stereocenters. The number of aryl methyl sites for hydroxylation is 1. The molecule has 1 aromatic heterocycles. The molecular formula is C38H52N2O8. The van der Waals surface area contributed by atoms with Gasteiger partial charge in [-0.1, -0.05) is 40.5 Å². The first kappa shape index (κ1) is 34.5. The molecule has 1 aliphatic heterocycles. The van der Waals surface area contributed by atoms with Gasteiger partial charge in [-0.25, -0.2) is 0 Å². The number of carbonyl (C=O) groups excluding carboxylic acids is 2. The third-order valence-corrected chi connectivity index (χ3v) is 11.0. The van der Waals surface area contributed by atoms with E-state index in [2.05, 4.69) is 17.0 Å². The van der Waals surface area contributed by atoms with Crippen molar-refractivity contribution >= 4 is 17.3 Å². The molecule has 3 aliphatic carbocycles. The maximum Gasteiger partial charge on any atom is 0.265 e. The minimum absolute atomic E-state index is 0.0120. The first-order valence-corrected chi connectivity index (χ1v) is 18.1. The molecule has 0 radical (unpaired) electrons. The standard InChI is InChI=1S/C38H52N2O8/c1-6-8-17-46-33-23(13-12-16-40-14-10-11-15-40)21-27(45-5)25-19-24-20-26-28(22(3)4)34-31(37(39-48-34)47-18-9-7-2)36(43)38(26,44)35(42)29(24)32(41)30(25)33/h21-22,24,26,28,41,44H,6-20H2,1-5H3/t24-,26-,28-,38-/m0/s1. The maximum atomic E-state index is 14.7. The van der Waals surface area contributed by atoms with Crippen LogP contribution in [0.15, 0.2) is 16.2 Å². The van der Waals surface area contributed by atoms with Gasteiger partial charge in [0.2, 0.25) is 11.6 Å². The normalized spacial score (nSPS) is 25.2. The van der Waals surface area contributed by atoms with Crippen molar-refractivity contribution in [3.63, 3.8) is 0 Å². The first-order chi connectivity index (χ1) is 23.2. The lowest BCUT2D eigenvalue weighted by atomic mass is 9.54. The number of Topliss-reactive ketones (excluding diaryl/α,β-unsaturated/α-hetero) is 2. The fourth-order valence-electron chi connectivity index (χ4n) is 8.51. The Morgan fingerprint density at radius 3 is 2.42 bits per heavy atom. The fourth-order valence-corrected chi connectivity index (χ4v) is 8.51. The van der Waals surface area contributed by atoms with E-state index in [1.165, 1.54) is 12.8 Å². The molecule has 2 N–H and O–H groups in total. The number of nitrogens with zero attached hydrogens (tertiary/aromatic N) is 2. The number of methoxy groups -OCH3 is 1. The van der Waals surface area contributed by atoms with E-state index in [1.54, 1.807) is 7.11 Å². The van der Waals surface area contributed by atoms with Gasteiger partial charge in [0.05, 0.1) is 25.9 Å². The number of ketones is 2. The third kappa shape index (κ3) is 5.82. The molecule has 0 spiro atoms. The van der Waals surface area contributed by atoms with Crippen LogP contribution in [0.3, 0.4) is 0 Å². The van der Waals surface area contributed by atoms with Gasteiger partial charge in [0.1, 0.15) is 22.8 Å². The lowest BCUT2D eigenvalue weighted by molar-refractivity contribution is -0.140. The van der Waals surface area contributed by atoms with E-state index in [0.29, 0.717) is 48.9 Å². The molecule has 2 aromatic rings. The van der Waals surface area contributed by atoms with Gasteiger partial charge >= 0.3 is 0 Å². The van der Waals surface area contributed by atoms with Gasteiger partial charge in [0.25, 0.3) is 5.88 Å². The smallest absolute Gasteiger partial charge is 0.265 e. The van der Waals surface area contributed by atoms with Crippen molar-refractivity contribution < 1.29 is 38.5 Å². The number of aromatic nitrogens is 1. The maximum absolute atomic E-state index is 14.7. The summed E-state index contributed by atoms with van der Waals surface area (Å²) in [4.78, 5) is 31.5. The SMILES string of the molecule is CCCCOc1noc2c1C(=O)[C@@]1(O)C(=O)C3=C(O)c4c(c(OC)cc(CCCN5CCCC5)c4OCCCC)C[C@H]3C[C@H]1[C@@H]2C(C)C. The zero-order chi connectivity index (χ0) is 34.2. The minimum Gasteiger partial charge on any atom is -0.507 e. The van der Waals surface area contributed by atoms with Gasteiger partial charge in [-0.3, -0.25) is 9.59 Å². The summed E-state index contributed by atoms with van der Waals surface area (Å²) in [5.41, 5.74) is -0.121. The van der Waals surface area contributed by atoms with Gasteiger partial charge in [-0.15, -0.1) is 0 Å². The predicted molar refractivity (Wildman–Crippen MR) is 181 cm³/mol. The number of ether oxygens (including phenoxy) is 3. The molecule has 0 amide bonds. The van der Waals surface area contributed by atoms with Gasteiger partial charge in [-0.2, -0.15) is 0 Å². The highest BCUT2D eigenvalue weighted by atomic mass is 16.5. The summed E-state index contributed by atoms with van der Waals surface area (Å²) in [5.74, 6) is -1.91. The Kier molecular flexibility index (Phi) is 10.2. The quantitative estimate of drug-likeness (QED) is 0.171. The van der Waals surface area contributed by atoms with E-state index >= 15 is 0 Å². The van der Waals surface area contributed by atoms with Crippen molar-refractivity contribution in [2.45, 2.75) is 103 Å². The zero-order valence-electron chi connectivity index (χ0n) is 29.2. The van der Waals surface area contributed by atoms with Crippen LogP contribution in [0.2, 0.25) is 0 Å². The highest BCUT2D eigenvalue weighted by Gasteiger charge is 2.65. The molecule has 0 unspecified atom stereocenters. The number of fused-ring (bicyclic) bond motifs is 4. The number of rotatable bonds is 14. The van der Waals surface area contributed by atoms with E-state index in [1.807, 2.05) is 26.8 Å². The summed E-state index contributed by atoms with van der Waals surface area (Å²) in [7, 11) is 1.63. The summed E-state index contributed by atoms with van der Waals surface area (Å²) < 4.78 is 24.0. The lowest BCUT2D eigenvalue weighted by Gasteiger charge is -2.49. The molecule has 1 saturated heterocycles.